The molecule has 0 atom stereocenters. The molecular weight excluding hydrogens is 272 g/mol. The van der Waals surface area contributed by atoms with Crippen LogP contribution in [0.25, 0.3) is 6.08 Å². The van der Waals surface area contributed by atoms with Crippen LogP contribution < -0.4 is 9.47 Å². The van der Waals surface area contributed by atoms with Gasteiger partial charge >= 0.3 is 5.97 Å². The van der Waals surface area contributed by atoms with E-state index in [1.165, 1.54) is 13.2 Å². The van der Waals surface area contributed by atoms with Gasteiger partial charge in [-0.1, -0.05) is 11.6 Å². The molecule has 104 valence electrons. The number of aliphatic carboxylic acids is 1. The predicted molar refractivity (Wildman–Crippen MR) is 71.8 cm³/mol. The van der Waals surface area contributed by atoms with Gasteiger partial charge in [0.25, 0.3) is 0 Å². The van der Waals surface area contributed by atoms with Crippen LogP contribution in [-0.4, -0.2) is 31.6 Å². The van der Waals surface area contributed by atoms with Gasteiger partial charge in [-0.15, -0.1) is 0 Å². The zero-order valence-corrected chi connectivity index (χ0v) is 11.4. The minimum atomic E-state index is -1.04. The van der Waals surface area contributed by atoms with Crippen molar-refractivity contribution in [3.05, 3.63) is 28.8 Å². The van der Waals surface area contributed by atoms with Gasteiger partial charge in [0, 0.05) is 12.7 Å². The van der Waals surface area contributed by atoms with Gasteiger partial charge < -0.3 is 19.3 Å². The summed E-state index contributed by atoms with van der Waals surface area (Å²) in [6.07, 6.45) is 2.44. The summed E-state index contributed by atoms with van der Waals surface area (Å²) in [5.41, 5.74) is 0.605. The summed E-state index contributed by atoms with van der Waals surface area (Å²) >= 11 is 6.07. The fraction of sp³-hybridized carbons (Fsp3) is 0.308. The lowest BCUT2D eigenvalue weighted by molar-refractivity contribution is -0.131. The highest BCUT2D eigenvalue weighted by molar-refractivity contribution is 6.32. The summed E-state index contributed by atoms with van der Waals surface area (Å²) in [7, 11) is 1.48. The molecule has 0 heterocycles. The van der Waals surface area contributed by atoms with Crippen molar-refractivity contribution in [3.8, 4) is 11.5 Å². The van der Waals surface area contributed by atoms with Gasteiger partial charge in [0.1, 0.15) is 0 Å². The van der Waals surface area contributed by atoms with Gasteiger partial charge in [-0.2, -0.15) is 0 Å². The van der Waals surface area contributed by atoms with Crippen LogP contribution in [0, 0.1) is 0 Å². The summed E-state index contributed by atoms with van der Waals surface area (Å²) in [6.45, 7) is 2.44. The van der Waals surface area contributed by atoms with Crippen LogP contribution in [0.4, 0.5) is 0 Å². The molecule has 1 rings (SSSR count). The van der Waals surface area contributed by atoms with Gasteiger partial charge in [-0.05, 0) is 30.7 Å². The molecule has 0 radical (unpaired) electrons. The molecule has 0 saturated heterocycles. The fourth-order valence-electron chi connectivity index (χ4n) is 1.33. The second kappa shape index (κ2) is 7.66. The van der Waals surface area contributed by atoms with Crippen molar-refractivity contribution in [2.24, 2.45) is 0 Å². The first-order valence-electron chi connectivity index (χ1n) is 5.57. The van der Waals surface area contributed by atoms with Crippen molar-refractivity contribution < 1.29 is 24.1 Å². The number of hydrogen-bond donors (Lipinski definition) is 1. The number of rotatable bonds is 7. The average molecular weight is 287 g/mol. The lowest BCUT2D eigenvalue weighted by Gasteiger charge is -2.13. The number of carboxylic acid groups (broad SMARTS) is 1. The van der Waals surface area contributed by atoms with Crippen molar-refractivity contribution in [1.29, 1.82) is 0 Å². The Kier molecular flexibility index (Phi) is 6.18. The molecule has 6 heteroatoms. The Balaban J connectivity index is 2.97. The largest absolute Gasteiger partial charge is 0.493 e. The molecule has 0 bridgehead atoms. The maximum absolute atomic E-state index is 10.5. The quantitative estimate of drug-likeness (QED) is 0.474. The standard InChI is InChI=1S/C13H15ClO5/c1-3-18-8-19-13-10(14)6-9(4-5-12(15)16)7-11(13)17-2/h4-7H,3,8H2,1-2H3,(H,15,16). The minimum Gasteiger partial charge on any atom is -0.493 e. The Labute approximate surface area is 116 Å². The van der Waals surface area contributed by atoms with Gasteiger partial charge in [0.2, 0.25) is 0 Å². The maximum Gasteiger partial charge on any atom is 0.328 e. The summed E-state index contributed by atoms with van der Waals surface area (Å²) in [4.78, 5) is 10.5. The lowest BCUT2D eigenvalue weighted by atomic mass is 10.2. The van der Waals surface area contributed by atoms with E-state index in [0.29, 0.717) is 28.7 Å². The molecule has 1 aromatic carbocycles. The smallest absolute Gasteiger partial charge is 0.328 e. The summed E-state index contributed by atoms with van der Waals surface area (Å²) < 4.78 is 15.6. The highest BCUT2D eigenvalue weighted by Crippen LogP contribution is 2.36. The SMILES string of the molecule is CCOCOc1c(Cl)cc(C=CC(=O)O)cc1OC. The van der Waals surface area contributed by atoms with Crippen LogP contribution in [0.2, 0.25) is 5.02 Å². The lowest BCUT2D eigenvalue weighted by Crippen LogP contribution is -2.04. The molecule has 0 aliphatic heterocycles. The van der Waals surface area contributed by atoms with Crippen LogP contribution in [0.1, 0.15) is 12.5 Å². The minimum absolute atomic E-state index is 0.0664. The van der Waals surface area contributed by atoms with Crippen LogP contribution >= 0.6 is 11.6 Å². The summed E-state index contributed by atoms with van der Waals surface area (Å²) in [6, 6.07) is 3.22. The first-order valence-corrected chi connectivity index (χ1v) is 5.95. The number of carbonyl (C=O) groups is 1. The van der Waals surface area contributed by atoms with E-state index in [2.05, 4.69) is 0 Å². The molecule has 1 aromatic rings. The van der Waals surface area contributed by atoms with E-state index in [1.54, 1.807) is 12.1 Å². The molecular formula is C13H15ClO5. The second-order valence-electron chi connectivity index (χ2n) is 3.46. The molecule has 0 saturated carbocycles. The number of hydrogen-bond acceptors (Lipinski definition) is 4. The van der Waals surface area contributed by atoms with Crippen molar-refractivity contribution in [1.82, 2.24) is 0 Å². The first-order chi connectivity index (χ1) is 9.08. The monoisotopic (exact) mass is 286 g/mol. The molecule has 0 aliphatic rings. The molecule has 1 N–H and O–H groups in total. The van der Waals surface area contributed by atoms with E-state index in [9.17, 15) is 4.79 Å². The van der Waals surface area contributed by atoms with E-state index in [-0.39, 0.29) is 6.79 Å². The van der Waals surface area contributed by atoms with E-state index in [0.717, 1.165) is 6.08 Å². The van der Waals surface area contributed by atoms with Crippen LogP contribution in [0.5, 0.6) is 11.5 Å². The second-order valence-corrected chi connectivity index (χ2v) is 3.87. The summed E-state index contributed by atoms with van der Waals surface area (Å²) in [5.74, 6) is -0.255. The van der Waals surface area contributed by atoms with Crippen molar-refractivity contribution in [2.45, 2.75) is 6.92 Å². The molecule has 0 unspecified atom stereocenters. The molecule has 5 nitrogen and oxygen atoms in total. The average Bonchev–Trinajstić information content (AvgIpc) is 2.38. The number of ether oxygens (including phenoxy) is 3. The molecule has 0 aliphatic carbocycles. The normalized spacial score (nSPS) is 10.7. The van der Waals surface area contributed by atoms with Crippen molar-refractivity contribution in [3.63, 3.8) is 0 Å². The topological polar surface area (TPSA) is 65.0 Å². The zero-order chi connectivity index (χ0) is 14.3. The summed E-state index contributed by atoms with van der Waals surface area (Å²) in [5, 5.41) is 8.90. The number of carboxylic acids is 1. The predicted octanol–water partition coefficient (Wildman–Crippen LogP) is 2.82. The van der Waals surface area contributed by atoms with Crippen molar-refractivity contribution in [2.75, 3.05) is 20.5 Å². The number of halogens is 1. The third-order valence-electron chi connectivity index (χ3n) is 2.16. The molecule has 0 aromatic heterocycles. The first kappa shape index (κ1) is 15.3. The Bertz CT molecular complexity index is 470. The molecule has 0 amide bonds. The van der Waals surface area contributed by atoms with E-state index in [1.807, 2.05) is 6.92 Å². The molecule has 0 spiro atoms. The van der Waals surface area contributed by atoms with Crippen LogP contribution in [-0.2, 0) is 9.53 Å². The van der Waals surface area contributed by atoms with Gasteiger partial charge in [-0.3, -0.25) is 0 Å². The molecule has 0 fully saturated rings. The Morgan fingerprint density at radius 2 is 2.21 bits per heavy atom. The zero-order valence-electron chi connectivity index (χ0n) is 10.7. The Morgan fingerprint density at radius 1 is 1.47 bits per heavy atom. The maximum atomic E-state index is 10.5. The molecule has 19 heavy (non-hydrogen) atoms. The van der Waals surface area contributed by atoms with E-state index < -0.39 is 5.97 Å². The number of benzene rings is 1. The third-order valence-corrected chi connectivity index (χ3v) is 2.44. The van der Waals surface area contributed by atoms with Crippen molar-refractivity contribution >= 4 is 23.6 Å². The van der Waals surface area contributed by atoms with Gasteiger partial charge in [0.05, 0.1) is 12.1 Å². The Hall–Kier alpha value is -1.72. The van der Waals surface area contributed by atoms with E-state index in [4.69, 9.17) is 30.9 Å². The van der Waals surface area contributed by atoms with Crippen LogP contribution in [0.3, 0.4) is 0 Å². The van der Waals surface area contributed by atoms with Gasteiger partial charge in [-0.25, -0.2) is 4.79 Å². The van der Waals surface area contributed by atoms with E-state index >= 15 is 0 Å². The fourth-order valence-corrected chi connectivity index (χ4v) is 1.60. The highest BCUT2D eigenvalue weighted by atomic mass is 35.5. The Morgan fingerprint density at radius 3 is 2.79 bits per heavy atom. The number of methoxy groups -OCH3 is 1. The van der Waals surface area contributed by atoms with Crippen LogP contribution in [0.15, 0.2) is 18.2 Å². The highest BCUT2D eigenvalue weighted by Gasteiger charge is 2.11. The third kappa shape index (κ3) is 4.81. The van der Waals surface area contributed by atoms with Gasteiger partial charge in [0.15, 0.2) is 18.3 Å².